The lowest BCUT2D eigenvalue weighted by Gasteiger charge is -2.01. The van der Waals surface area contributed by atoms with Gasteiger partial charge in [-0.3, -0.25) is 0 Å². The van der Waals surface area contributed by atoms with Crippen LogP contribution in [0.3, 0.4) is 0 Å². The van der Waals surface area contributed by atoms with E-state index in [4.69, 9.17) is 0 Å². The van der Waals surface area contributed by atoms with E-state index in [0.29, 0.717) is 5.39 Å². The first-order chi connectivity index (χ1) is 7.09. The molecule has 0 unspecified atom stereocenters. The number of rotatable bonds is 0. The van der Waals surface area contributed by atoms with Gasteiger partial charge in [0, 0.05) is 11.1 Å². The molecule has 0 saturated carbocycles. The van der Waals surface area contributed by atoms with Crippen LogP contribution in [0.15, 0.2) is 12.1 Å². The third-order valence-electron chi connectivity index (χ3n) is 2.52. The molecule has 0 amide bonds. The van der Waals surface area contributed by atoms with Gasteiger partial charge in [0.2, 0.25) is 0 Å². The first-order valence-corrected chi connectivity index (χ1v) is 5.34. The highest BCUT2D eigenvalue weighted by Gasteiger charge is 2.08. The van der Waals surface area contributed by atoms with E-state index in [-0.39, 0.29) is 5.82 Å². The summed E-state index contributed by atoms with van der Waals surface area (Å²) in [5.74, 6) is -0.137. The second-order valence-corrected chi connectivity index (χ2v) is 3.54. The van der Waals surface area contributed by atoms with Gasteiger partial charge in [-0.05, 0) is 44.0 Å². The fourth-order valence-electron chi connectivity index (χ4n) is 1.65. The Morgan fingerprint density at radius 3 is 2.27 bits per heavy atom. The number of aryl methyl sites for hydroxylation is 3. The van der Waals surface area contributed by atoms with Crippen LogP contribution < -0.4 is 0 Å². The number of halogens is 1. The topological polar surface area (TPSA) is 15.8 Å². The van der Waals surface area contributed by atoms with Gasteiger partial charge in [-0.2, -0.15) is 0 Å². The number of aromatic amines is 1. The molecule has 15 heavy (non-hydrogen) atoms. The molecule has 0 spiro atoms. The summed E-state index contributed by atoms with van der Waals surface area (Å²) in [5, 5.41) is 0.695. The van der Waals surface area contributed by atoms with Gasteiger partial charge < -0.3 is 4.98 Å². The molecule has 0 aliphatic heterocycles. The number of aromatic nitrogens is 1. The molecule has 2 rings (SSSR count). The fourth-order valence-corrected chi connectivity index (χ4v) is 1.65. The molecule has 0 bridgehead atoms. The predicted octanol–water partition coefficient (Wildman–Crippen LogP) is 4.26. The van der Waals surface area contributed by atoms with E-state index in [2.05, 4.69) is 4.98 Å². The smallest absolute Gasteiger partial charge is 0.132 e. The first kappa shape index (κ1) is 11.8. The minimum absolute atomic E-state index is 0.137. The van der Waals surface area contributed by atoms with Gasteiger partial charge in [0.05, 0.1) is 5.52 Å². The summed E-state index contributed by atoms with van der Waals surface area (Å²) >= 11 is 0. The lowest BCUT2D eigenvalue weighted by atomic mass is 10.1. The average Bonchev–Trinajstić information content (AvgIpc) is 2.61. The summed E-state index contributed by atoms with van der Waals surface area (Å²) in [6.07, 6.45) is 0. The van der Waals surface area contributed by atoms with Crippen molar-refractivity contribution in [2.75, 3.05) is 0 Å². The van der Waals surface area contributed by atoms with Crippen LogP contribution in [0.5, 0.6) is 0 Å². The van der Waals surface area contributed by atoms with E-state index >= 15 is 0 Å². The van der Waals surface area contributed by atoms with Crippen LogP contribution in [0, 0.1) is 26.6 Å². The average molecular weight is 207 g/mol. The van der Waals surface area contributed by atoms with Gasteiger partial charge in [0.15, 0.2) is 0 Å². The van der Waals surface area contributed by atoms with Gasteiger partial charge >= 0.3 is 0 Å². The van der Waals surface area contributed by atoms with Crippen molar-refractivity contribution in [2.45, 2.75) is 34.6 Å². The van der Waals surface area contributed by atoms with Crippen LogP contribution in [0.4, 0.5) is 4.39 Å². The highest BCUT2D eigenvalue weighted by Crippen LogP contribution is 2.24. The quantitative estimate of drug-likeness (QED) is 0.664. The molecule has 82 valence electrons. The van der Waals surface area contributed by atoms with Gasteiger partial charge in [0.1, 0.15) is 5.82 Å². The molecular weight excluding hydrogens is 189 g/mol. The molecule has 2 aromatic rings. The van der Waals surface area contributed by atoms with Crippen molar-refractivity contribution in [2.24, 2.45) is 0 Å². The van der Waals surface area contributed by atoms with Crippen molar-refractivity contribution in [3.8, 4) is 0 Å². The summed E-state index contributed by atoms with van der Waals surface area (Å²) in [6, 6.07) is 3.43. The summed E-state index contributed by atoms with van der Waals surface area (Å²) in [7, 11) is 0. The number of hydrogen-bond acceptors (Lipinski definition) is 0. The molecule has 0 radical (unpaired) electrons. The monoisotopic (exact) mass is 207 g/mol. The standard InChI is InChI=1S/C11H12FN.C2H6/c1-6-4-10(12)9-5-7(2)13-11(9)8(6)3;1-2/h4-5,13H,1-3H3;1-2H3. The summed E-state index contributed by atoms with van der Waals surface area (Å²) in [5.41, 5.74) is 4.05. The van der Waals surface area contributed by atoms with Crippen molar-refractivity contribution >= 4 is 10.9 Å². The summed E-state index contributed by atoms with van der Waals surface area (Å²) in [4.78, 5) is 3.17. The molecule has 0 atom stereocenters. The molecule has 0 aliphatic rings. The predicted molar refractivity (Wildman–Crippen MR) is 63.8 cm³/mol. The molecule has 2 heteroatoms. The fraction of sp³-hybridized carbons (Fsp3) is 0.385. The zero-order valence-corrected chi connectivity index (χ0v) is 10.0. The Morgan fingerprint density at radius 2 is 1.67 bits per heavy atom. The van der Waals surface area contributed by atoms with Gasteiger partial charge in [-0.15, -0.1) is 0 Å². The summed E-state index contributed by atoms with van der Waals surface area (Å²) in [6.45, 7) is 9.87. The van der Waals surface area contributed by atoms with E-state index in [1.54, 1.807) is 6.07 Å². The zero-order chi connectivity index (χ0) is 11.6. The number of nitrogens with one attached hydrogen (secondary N) is 1. The van der Waals surface area contributed by atoms with Crippen molar-refractivity contribution in [3.63, 3.8) is 0 Å². The van der Waals surface area contributed by atoms with E-state index in [0.717, 1.165) is 22.3 Å². The third kappa shape index (κ3) is 2.04. The summed E-state index contributed by atoms with van der Waals surface area (Å²) < 4.78 is 13.4. The normalized spacial score (nSPS) is 10.0. The van der Waals surface area contributed by atoms with Crippen LogP contribution in [-0.4, -0.2) is 4.98 Å². The molecule has 0 fully saturated rings. The molecule has 0 saturated heterocycles. The van der Waals surface area contributed by atoms with Crippen molar-refractivity contribution in [1.29, 1.82) is 0 Å². The molecule has 0 aliphatic carbocycles. The van der Waals surface area contributed by atoms with Gasteiger partial charge in [-0.1, -0.05) is 13.8 Å². The Labute approximate surface area is 90.3 Å². The van der Waals surface area contributed by atoms with E-state index in [9.17, 15) is 4.39 Å². The maximum Gasteiger partial charge on any atom is 0.132 e. The maximum absolute atomic E-state index is 13.4. The maximum atomic E-state index is 13.4. The molecule has 1 aromatic carbocycles. The highest BCUT2D eigenvalue weighted by molar-refractivity contribution is 5.85. The minimum atomic E-state index is -0.137. The molecule has 1 nitrogen and oxygen atoms in total. The molecular formula is C13H18FN. The van der Waals surface area contributed by atoms with Crippen LogP contribution in [0.1, 0.15) is 30.7 Å². The number of fused-ring (bicyclic) bond motifs is 1. The van der Waals surface area contributed by atoms with Gasteiger partial charge in [0.25, 0.3) is 0 Å². The zero-order valence-electron chi connectivity index (χ0n) is 10.0. The Kier molecular flexibility index (Phi) is 3.51. The number of benzene rings is 1. The van der Waals surface area contributed by atoms with Crippen molar-refractivity contribution in [1.82, 2.24) is 4.98 Å². The Hall–Kier alpha value is -1.31. The molecule has 1 aromatic heterocycles. The Morgan fingerprint density at radius 1 is 1.07 bits per heavy atom. The number of H-pyrrole nitrogens is 1. The second kappa shape index (κ2) is 4.47. The third-order valence-corrected chi connectivity index (χ3v) is 2.52. The second-order valence-electron chi connectivity index (χ2n) is 3.54. The van der Waals surface area contributed by atoms with E-state index in [1.165, 1.54) is 0 Å². The van der Waals surface area contributed by atoms with Gasteiger partial charge in [-0.25, -0.2) is 4.39 Å². The van der Waals surface area contributed by atoms with E-state index < -0.39 is 0 Å². The molecule has 1 N–H and O–H groups in total. The largest absolute Gasteiger partial charge is 0.358 e. The first-order valence-electron chi connectivity index (χ1n) is 5.34. The van der Waals surface area contributed by atoms with Crippen LogP contribution in [-0.2, 0) is 0 Å². The minimum Gasteiger partial charge on any atom is -0.358 e. The van der Waals surface area contributed by atoms with Crippen LogP contribution in [0.2, 0.25) is 0 Å². The SMILES string of the molecule is CC.Cc1cc2c(F)cc(C)c(C)c2[nH]1. The van der Waals surface area contributed by atoms with Crippen LogP contribution >= 0.6 is 0 Å². The lowest BCUT2D eigenvalue weighted by molar-refractivity contribution is 0.638. The number of hydrogen-bond donors (Lipinski definition) is 1. The Balaban J connectivity index is 0.000000531. The Bertz CT molecular complexity index is 469. The lowest BCUT2D eigenvalue weighted by Crippen LogP contribution is -1.86. The van der Waals surface area contributed by atoms with Crippen LogP contribution in [0.25, 0.3) is 10.9 Å². The van der Waals surface area contributed by atoms with E-state index in [1.807, 2.05) is 40.7 Å². The highest BCUT2D eigenvalue weighted by atomic mass is 19.1. The van der Waals surface area contributed by atoms with Crippen molar-refractivity contribution in [3.05, 3.63) is 34.8 Å². The molecule has 1 heterocycles. The van der Waals surface area contributed by atoms with Crippen molar-refractivity contribution < 1.29 is 4.39 Å².